The van der Waals surface area contributed by atoms with Gasteiger partial charge in [-0.15, -0.1) is 0 Å². The molecule has 0 spiro atoms. The minimum Gasteiger partial charge on any atom is -0.311 e. The summed E-state index contributed by atoms with van der Waals surface area (Å²) in [5, 5.41) is 3.79. The van der Waals surface area contributed by atoms with Gasteiger partial charge in [-0.3, -0.25) is 0 Å². The molecule has 1 aliphatic carbocycles. The molecule has 1 N–H and O–H groups in total. The van der Waals surface area contributed by atoms with Crippen LogP contribution >= 0.6 is 0 Å². The summed E-state index contributed by atoms with van der Waals surface area (Å²) in [5.41, 5.74) is 0. The van der Waals surface area contributed by atoms with Gasteiger partial charge in [0, 0.05) is 18.6 Å². The highest BCUT2D eigenvalue weighted by Gasteiger charge is 2.30. The maximum Gasteiger partial charge on any atom is 0.0120 e. The van der Waals surface area contributed by atoms with Crippen molar-refractivity contribution in [1.29, 1.82) is 0 Å². The first-order valence-corrected chi connectivity index (χ1v) is 6.78. The summed E-state index contributed by atoms with van der Waals surface area (Å²) >= 11 is 0. The van der Waals surface area contributed by atoms with E-state index in [1.807, 2.05) is 0 Å². The summed E-state index contributed by atoms with van der Waals surface area (Å²) in [6, 6.07) is 1.68. The molecule has 0 aromatic carbocycles. The van der Waals surface area contributed by atoms with E-state index in [4.69, 9.17) is 0 Å². The monoisotopic (exact) mass is 210 g/mol. The second kappa shape index (κ2) is 5.31. The number of rotatable bonds is 5. The molecule has 2 fully saturated rings. The number of piperidine rings is 1. The largest absolute Gasteiger partial charge is 0.311 e. The van der Waals surface area contributed by atoms with Gasteiger partial charge in [0.05, 0.1) is 0 Å². The quantitative estimate of drug-likeness (QED) is 0.749. The Bertz CT molecular complexity index is 189. The zero-order chi connectivity index (χ0) is 10.7. The molecule has 1 heterocycles. The molecule has 1 saturated carbocycles. The highest BCUT2D eigenvalue weighted by molar-refractivity contribution is 4.90. The molecule has 2 unspecified atom stereocenters. The summed E-state index contributed by atoms with van der Waals surface area (Å²) in [4.78, 5) is 2.65. The number of nitrogens with zero attached hydrogens (tertiary/aromatic N) is 1. The Balaban J connectivity index is 1.69. The van der Waals surface area contributed by atoms with Crippen molar-refractivity contribution >= 4 is 0 Å². The van der Waals surface area contributed by atoms with E-state index < -0.39 is 0 Å². The van der Waals surface area contributed by atoms with E-state index in [1.54, 1.807) is 0 Å². The lowest BCUT2D eigenvalue weighted by molar-refractivity contribution is 0.145. The van der Waals surface area contributed by atoms with Crippen molar-refractivity contribution in [3.63, 3.8) is 0 Å². The van der Waals surface area contributed by atoms with Gasteiger partial charge >= 0.3 is 0 Å². The molecule has 1 saturated heterocycles. The van der Waals surface area contributed by atoms with Gasteiger partial charge in [0.15, 0.2) is 0 Å². The van der Waals surface area contributed by atoms with Crippen LogP contribution in [0.15, 0.2) is 0 Å². The van der Waals surface area contributed by atoms with Crippen LogP contribution in [0.1, 0.15) is 46.0 Å². The molecule has 0 radical (unpaired) electrons. The normalized spacial score (nSPS) is 33.2. The molecule has 0 bridgehead atoms. The van der Waals surface area contributed by atoms with E-state index in [9.17, 15) is 0 Å². The molecule has 2 rings (SSSR count). The van der Waals surface area contributed by atoms with Gasteiger partial charge in [-0.25, -0.2) is 0 Å². The third-order valence-electron chi connectivity index (χ3n) is 3.84. The van der Waals surface area contributed by atoms with Crippen LogP contribution in [0.3, 0.4) is 0 Å². The number of hydrogen-bond acceptors (Lipinski definition) is 2. The Labute approximate surface area is 94.4 Å². The summed E-state index contributed by atoms with van der Waals surface area (Å²) in [6.07, 6.45) is 6.90. The summed E-state index contributed by atoms with van der Waals surface area (Å²) in [7, 11) is 0. The molecule has 2 heteroatoms. The van der Waals surface area contributed by atoms with Gasteiger partial charge in [0.25, 0.3) is 0 Å². The summed E-state index contributed by atoms with van der Waals surface area (Å²) in [5.74, 6) is 0.844. The summed E-state index contributed by atoms with van der Waals surface area (Å²) < 4.78 is 0. The van der Waals surface area contributed by atoms with E-state index in [0.29, 0.717) is 0 Å². The van der Waals surface area contributed by atoms with Crippen molar-refractivity contribution in [2.45, 2.75) is 58.0 Å². The van der Waals surface area contributed by atoms with Crippen LogP contribution in [-0.2, 0) is 0 Å². The van der Waals surface area contributed by atoms with Gasteiger partial charge in [-0.2, -0.15) is 0 Å². The first-order chi connectivity index (χ1) is 7.29. The molecule has 2 aliphatic rings. The van der Waals surface area contributed by atoms with Gasteiger partial charge in [0.1, 0.15) is 0 Å². The maximum atomic E-state index is 3.79. The first-order valence-electron chi connectivity index (χ1n) is 6.78. The minimum atomic E-state index is 0.801. The van der Waals surface area contributed by atoms with E-state index in [1.165, 1.54) is 51.7 Å². The minimum absolute atomic E-state index is 0.801. The van der Waals surface area contributed by atoms with Gasteiger partial charge in [-0.1, -0.05) is 20.3 Å². The van der Waals surface area contributed by atoms with E-state index in [0.717, 1.165) is 18.0 Å². The van der Waals surface area contributed by atoms with Crippen LogP contribution in [-0.4, -0.2) is 36.6 Å². The van der Waals surface area contributed by atoms with Crippen molar-refractivity contribution in [2.24, 2.45) is 5.92 Å². The average Bonchev–Trinajstić information content (AvgIpc) is 3.02. The number of hydrogen-bond donors (Lipinski definition) is 1. The van der Waals surface area contributed by atoms with Crippen LogP contribution < -0.4 is 5.32 Å². The van der Waals surface area contributed by atoms with E-state index >= 15 is 0 Å². The highest BCUT2D eigenvalue weighted by Crippen LogP contribution is 2.24. The molecular formula is C13H26N2. The maximum absolute atomic E-state index is 3.79. The SMILES string of the molecule is CCCCN1CCC(NC2CC2)C(C)C1. The van der Waals surface area contributed by atoms with Crippen molar-refractivity contribution in [2.75, 3.05) is 19.6 Å². The second-order valence-corrected chi connectivity index (χ2v) is 5.47. The molecule has 2 atom stereocenters. The van der Waals surface area contributed by atoms with E-state index in [-0.39, 0.29) is 0 Å². The Morgan fingerprint density at radius 3 is 2.67 bits per heavy atom. The lowest BCUT2D eigenvalue weighted by Crippen LogP contribution is -2.49. The number of nitrogens with one attached hydrogen (secondary N) is 1. The predicted octanol–water partition coefficient (Wildman–Crippen LogP) is 2.25. The van der Waals surface area contributed by atoms with E-state index in [2.05, 4.69) is 24.1 Å². The fourth-order valence-corrected chi connectivity index (χ4v) is 2.62. The number of unbranched alkanes of at least 4 members (excludes halogenated alkanes) is 1. The van der Waals surface area contributed by atoms with Crippen molar-refractivity contribution < 1.29 is 0 Å². The van der Waals surface area contributed by atoms with Crippen molar-refractivity contribution in [3.05, 3.63) is 0 Å². The zero-order valence-corrected chi connectivity index (χ0v) is 10.3. The van der Waals surface area contributed by atoms with Gasteiger partial charge in [0.2, 0.25) is 0 Å². The third-order valence-corrected chi connectivity index (χ3v) is 3.84. The van der Waals surface area contributed by atoms with Crippen LogP contribution in [0.5, 0.6) is 0 Å². The molecule has 0 amide bonds. The molecule has 15 heavy (non-hydrogen) atoms. The lowest BCUT2D eigenvalue weighted by atomic mass is 9.93. The average molecular weight is 210 g/mol. The second-order valence-electron chi connectivity index (χ2n) is 5.47. The smallest absolute Gasteiger partial charge is 0.0120 e. The topological polar surface area (TPSA) is 15.3 Å². The standard InChI is InChI=1S/C13H26N2/c1-3-4-8-15-9-7-13(11(2)10-15)14-12-5-6-12/h11-14H,3-10H2,1-2H3. The van der Waals surface area contributed by atoms with Crippen LogP contribution in [0.25, 0.3) is 0 Å². The Kier molecular flexibility index (Phi) is 4.04. The zero-order valence-electron chi connectivity index (χ0n) is 10.3. The molecule has 0 aromatic rings. The fourth-order valence-electron chi connectivity index (χ4n) is 2.62. The predicted molar refractivity (Wildman–Crippen MR) is 65.1 cm³/mol. The van der Waals surface area contributed by atoms with Crippen molar-refractivity contribution in [1.82, 2.24) is 10.2 Å². The third kappa shape index (κ3) is 3.46. The van der Waals surface area contributed by atoms with Crippen molar-refractivity contribution in [3.8, 4) is 0 Å². The van der Waals surface area contributed by atoms with Gasteiger partial charge < -0.3 is 10.2 Å². The van der Waals surface area contributed by atoms with Crippen LogP contribution in [0, 0.1) is 5.92 Å². The number of likely N-dealkylation sites (tertiary alicyclic amines) is 1. The van der Waals surface area contributed by atoms with Crippen LogP contribution in [0.4, 0.5) is 0 Å². The Hall–Kier alpha value is -0.0800. The molecule has 2 nitrogen and oxygen atoms in total. The molecule has 88 valence electrons. The molecule has 0 aromatic heterocycles. The molecule has 1 aliphatic heterocycles. The lowest BCUT2D eigenvalue weighted by Gasteiger charge is -2.37. The highest BCUT2D eigenvalue weighted by atomic mass is 15.2. The fraction of sp³-hybridized carbons (Fsp3) is 1.00. The summed E-state index contributed by atoms with van der Waals surface area (Å²) in [6.45, 7) is 8.64. The Morgan fingerprint density at radius 2 is 2.07 bits per heavy atom. The first kappa shape index (κ1) is 11.4. The molecular weight excluding hydrogens is 184 g/mol. The van der Waals surface area contributed by atoms with Crippen LogP contribution in [0.2, 0.25) is 0 Å². The Morgan fingerprint density at radius 1 is 1.27 bits per heavy atom. The van der Waals surface area contributed by atoms with Gasteiger partial charge in [-0.05, 0) is 44.7 Å².